The second-order valence-electron chi connectivity index (χ2n) is 18.6. The van der Waals surface area contributed by atoms with Crippen molar-refractivity contribution in [2.75, 3.05) is 26.4 Å². The topological polar surface area (TPSA) is 270 Å². The highest BCUT2D eigenvalue weighted by atomic mass is 16.8. The lowest BCUT2D eigenvalue weighted by atomic mass is 9.96. The monoisotopic (exact) mass is 1140 g/mol. The predicted molar refractivity (Wildman–Crippen MR) is 294 cm³/mol. The van der Waals surface area contributed by atoms with Crippen molar-refractivity contribution >= 4 is 41.8 Å². The molecular formula is C63H53N3O18. The number of ether oxygens (including phenoxy) is 11. The molecule has 2 saturated heterocycles. The van der Waals surface area contributed by atoms with Crippen LogP contribution in [0.3, 0.4) is 0 Å². The summed E-state index contributed by atoms with van der Waals surface area (Å²) in [4.78, 5) is 102. The number of esters is 7. The van der Waals surface area contributed by atoms with E-state index in [-0.39, 0.29) is 52.1 Å². The highest BCUT2D eigenvalue weighted by Crippen LogP contribution is 2.35. The molecule has 2 heterocycles. The summed E-state index contributed by atoms with van der Waals surface area (Å²) in [7, 11) is 0. The van der Waals surface area contributed by atoms with Crippen LogP contribution < -0.4 is 0 Å². The minimum absolute atomic E-state index is 0.0181. The molecule has 428 valence electrons. The summed E-state index contributed by atoms with van der Waals surface area (Å²) in [5, 5.41) is 3.55. The molecule has 0 aliphatic carbocycles. The Morgan fingerprint density at radius 3 is 0.917 bits per heavy atom. The first-order valence-corrected chi connectivity index (χ1v) is 26.4. The van der Waals surface area contributed by atoms with Crippen LogP contribution in [0.1, 0.15) is 72.5 Å². The van der Waals surface area contributed by atoms with E-state index in [1.807, 2.05) is 0 Å². The molecule has 0 aromatic heterocycles. The first-order chi connectivity index (χ1) is 41.0. The molecule has 10 atom stereocenters. The third kappa shape index (κ3) is 15.3. The number of nitrogens with zero attached hydrogens (tertiary/aromatic N) is 3. The van der Waals surface area contributed by atoms with Gasteiger partial charge >= 0.3 is 41.8 Å². The molecular weight excluding hydrogens is 1090 g/mol. The molecule has 0 bridgehead atoms. The summed E-state index contributed by atoms with van der Waals surface area (Å²) in [5.41, 5.74) is 9.54. The first-order valence-electron chi connectivity index (χ1n) is 26.4. The summed E-state index contributed by atoms with van der Waals surface area (Å²) in [6.45, 7) is -2.13. The van der Waals surface area contributed by atoms with E-state index in [0.29, 0.717) is 0 Å². The third-order valence-electron chi connectivity index (χ3n) is 13.0. The van der Waals surface area contributed by atoms with E-state index in [1.165, 1.54) is 84.9 Å². The van der Waals surface area contributed by atoms with Crippen molar-refractivity contribution in [3.8, 4) is 0 Å². The molecule has 2 aliphatic rings. The molecule has 21 heteroatoms. The molecule has 0 unspecified atom stereocenters. The maximum atomic E-state index is 14.4. The average molecular weight is 1140 g/mol. The van der Waals surface area contributed by atoms with Gasteiger partial charge in [0.25, 0.3) is 0 Å². The van der Waals surface area contributed by atoms with Crippen LogP contribution in [0.15, 0.2) is 217 Å². The molecule has 2 aliphatic heterocycles. The maximum Gasteiger partial charge on any atom is 0.338 e. The molecule has 0 amide bonds. The van der Waals surface area contributed by atoms with Crippen LogP contribution in [-0.2, 0) is 52.1 Å². The molecule has 9 rings (SSSR count). The van der Waals surface area contributed by atoms with Crippen LogP contribution in [0.5, 0.6) is 0 Å². The van der Waals surface area contributed by atoms with Crippen molar-refractivity contribution in [3.05, 3.63) is 262 Å². The molecule has 7 aromatic carbocycles. The van der Waals surface area contributed by atoms with Gasteiger partial charge in [-0.3, -0.25) is 0 Å². The predicted octanol–water partition coefficient (Wildman–Crippen LogP) is 8.99. The molecule has 7 aromatic rings. The quantitative estimate of drug-likeness (QED) is 0.0153. The van der Waals surface area contributed by atoms with Gasteiger partial charge in [-0.15, -0.1) is 0 Å². The normalized spacial score (nSPS) is 21.6. The number of hydrogen-bond donors (Lipinski definition) is 0. The van der Waals surface area contributed by atoms with Gasteiger partial charge in [0.15, 0.2) is 49.2 Å². The highest BCUT2D eigenvalue weighted by Gasteiger charge is 2.57. The highest BCUT2D eigenvalue weighted by molar-refractivity contribution is 5.93. The zero-order valence-electron chi connectivity index (χ0n) is 44.5. The Morgan fingerprint density at radius 1 is 0.345 bits per heavy atom. The van der Waals surface area contributed by atoms with Crippen molar-refractivity contribution in [3.63, 3.8) is 0 Å². The first kappa shape index (κ1) is 58.6. The van der Waals surface area contributed by atoms with Crippen LogP contribution in [0.4, 0.5) is 0 Å². The maximum absolute atomic E-state index is 14.4. The number of benzene rings is 7. The lowest BCUT2D eigenvalue weighted by molar-refractivity contribution is -0.327. The fourth-order valence-electron chi connectivity index (χ4n) is 8.95. The van der Waals surface area contributed by atoms with Gasteiger partial charge in [0.1, 0.15) is 18.8 Å². The van der Waals surface area contributed by atoms with Crippen LogP contribution in [0.25, 0.3) is 10.4 Å². The van der Waals surface area contributed by atoms with Gasteiger partial charge in [-0.2, -0.15) is 0 Å². The lowest BCUT2D eigenvalue weighted by Crippen LogP contribution is -2.65. The van der Waals surface area contributed by atoms with Gasteiger partial charge in [-0.25, -0.2) is 33.6 Å². The Hall–Kier alpha value is -10.0. The SMILES string of the molecule is [N-]=[N+]=NCCO[C@@H]1O[C@@H](CO[C@H]2O[C@H](COC(=O)c3ccccc3)[C@@H](OC(=O)c3ccccc3)[C@H](OC(=O)c3ccccc3)[C@@H]2OC(=O)c2ccccc2)[C@H](OC(=O)c2ccccc2)[C@@H](OC(=O)c2ccccc2)[C@H]1OC(=O)c1ccccc1. The van der Waals surface area contributed by atoms with E-state index in [9.17, 15) is 33.6 Å². The van der Waals surface area contributed by atoms with E-state index in [4.69, 9.17) is 57.6 Å². The summed E-state index contributed by atoms with van der Waals surface area (Å²) in [6.07, 6.45) is -17.8. The Balaban J connectivity index is 1.15. The van der Waals surface area contributed by atoms with Gasteiger partial charge in [-0.05, 0) is 90.5 Å². The molecule has 0 N–H and O–H groups in total. The average Bonchev–Trinajstić information content (AvgIpc) is 2.16. The van der Waals surface area contributed by atoms with Crippen LogP contribution >= 0.6 is 0 Å². The van der Waals surface area contributed by atoms with E-state index in [0.717, 1.165) is 0 Å². The zero-order valence-corrected chi connectivity index (χ0v) is 44.5. The Labute approximate surface area is 480 Å². The second-order valence-corrected chi connectivity index (χ2v) is 18.6. The number of carbonyl (C=O) groups is 7. The number of carbonyl (C=O) groups excluding carboxylic acids is 7. The van der Waals surface area contributed by atoms with Crippen molar-refractivity contribution in [1.29, 1.82) is 0 Å². The molecule has 84 heavy (non-hydrogen) atoms. The molecule has 21 nitrogen and oxygen atoms in total. The summed E-state index contributed by atoms with van der Waals surface area (Å²) in [5.74, 6) is -6.62. The van der Waals surface area contributed by atoms with Crippen LogP contribution in [0.2, 0.25) is 0 Å². The van der Waals surface area contributed by atoms with Crippen molar-refractivity contribution in [1.82, 2.24) is 0 Å². The third-order valence-corrected chi connectivity index (χ3v) is 13.0. The van der Waals surface area contributed by atoms with Gasteiger partial charge in [0, 0.05) is 11.5 Å². The standard InChI is InChI=1S/C63H53N3O18/c64-66-65-36-37-74-62-53(83-60(72)45-32-18-6-19-33-45)51(81-58(70)43-28-14-4-15-29-43)50(80-57(69)42-26-12-3-13-27-42)48(77-62)39-76-63-54(84-61(73)46-34-20-7-21-35-46)52(82-59(71)44-30-16-5-17-31-44)49(79-56(68)41-24-10-2-11-25-41)47(78-63)38-75-55(67)40-22-8-1-9-23-40/h1-35,47-54,62-63H,36-39H2/t47-,48+,49-,50+,51-,52+,53-,54+,62-,63+/m1/s1. The molecule has 0 spiro atoms. The summed E-state index contributed by atoms with van der Waals surface area (Å²) >= 11 is 0. The Morgan fingerprint density at radius 2 is 0.607 bits per heavy atom. The van der Waals surface area contributed by atoms with Crippen molar-refractivity contribution in [2.45, 2.75) is 61.4 Å². The van der Waals surface area contributed by atoms with Gasteiger partial charge in [-0.1, -0.05) is 133 Å². The van der Waals surface area contributed by atoms with Crippen LogP contribution in [0, 0.1) is 0 Å². The van der Waals surface area contributed by atoms with E-state index >= 15 is 0 Å². The molecule has 0 saturated carbocycles. The van der Waals surface area contributed by atoms with E-state index in [2.05, 4.69) is 10.0 Å². The minimum atomic E-state index is -1.92. The second kappa shape index (κ2) is 29.1. The van der Waals surface area contributed by atoms with Crippen molar-refractivity contribution < 1.29 is 85.7 Å². The fourth-order valence-corrected chi connectivity index (χ4v) is 8.95. The van der Waals surface area contributed by atoms with Gasteiger partial charge < -0.3 is 52.1 Å². The minimum Gasteiger partial charge on any atom is -0.459 e. The number of azide groups is 1. The summed E-state index contributed by atoms with van der Waals surface area (Å²) < 4.78 is 69.0. The Kier molecular flexibility index (Phi) is 20.3. The Bertz CT molecular complexity index is 3380. The van der Waals surface area contributed by atoms with Gasteiger partial charge in [0.05, 0.1) is 52.2 Å². The lowest BCUT2D eigenvalue weighted by Gasteiger charge is -2.46. The van der Waals surface area contributed by atoms with E-state index in [1.54, 1.807) is 127 Å². The van der Waals surface area contributed by atoms with E-state index < -0.39 is 116 Å². The fraction of sp³-hybridized carbons (Fsp3) is 0.222. The number of rotatable bonds is 22. The smallest absolute Gasteiger partial charge is 0.338 e. The van der Waals surface area contributed by atoms with Crippen LogP contribution in [-0.4, -0.2) is 130 Å². The number of hydrogen-bond acceptors (Lipinski definition) is 19. The van der Waals surface area contributed by atoms with Gasteiger partial charge in [0.2, 0.25) is 0 Å². The van der Waals surface area contributed by atoms with Crippen molar-refractivity contribution in [2.24, 2.45) is 5.11 Å². The zero-order chi connectivity index (χ0) is 58.6. The molecule has 0 radical (unpaired) electrons. The summed E-state index contributed by atoms with van der Waals surface area (Å²) in [6, 6.07) is 54.4. The molecule has 2 fully saturated rings. The largest absolute Gasteiger partial charge is 0.459 e.